The van der Waals surface area contributed by atoms with Crippen LogP contribution >= 0.6 is 11.6 Å². The van der Waals surface area contributed by atoms with E-state index in [1.54, 1.807) is 13.4 Å². The fourth-order valence-corrected chi connectivity index (χ4v) is 2.33. The molecule has 6 nitrogen and oxygen atoms in total. The van der Waals surface area contributed by atoms with Crippen molar-refractivity contribution in [3.05, 3.63) is 59.6 Å². The number of nitrogens with two attached hydrogens (primary N) is 1. The molecule has 7 heteroatoms. The molecule has 3 aromatic rings. The van der Waals surface area contributed by atoms with Crippen molar-refractivity contribution in [2.24, 2.45) is 0 Å². The molecule has 3 rings (SSSR count). The summed E-state index contributed by atoms with van der Waals surface area (Å²) < 4.78 is 10.6. The number of halogens is 1. The molecule has 118 valence electrons. The van der Waals surface area contributed by atoms with Crippen LogP contribution in [0.5, 0.6) is 5.75 Å². The number of hydrogen-bond acceptors (Lipinski definition) is 6. The average molecular weight is 331 g/mol. The second-order valence-corrected chi connectivity index (χ2v) is 5.17. The molecule has 0 atom stereocenters. The maximum Gasteiger partial charge on any atom is 0.233 e. The first-order valence-corrected chi connectivity index (χ1v) is 7.27. The van der Waals surface area contributed by atoms with Gasteiger partial charge >= 0.3 is 0 Å². The zero-order valence-electron chi connectivity index (χ0n) is 12.4. The van der Waals surface area contributed by atoms with E-state index in [0.717, 1.165) is 17.2 Å². The lowest BCUT2D eigenvalue weighted by molar-refractivity contribution is 0.415. The van der Waals surface area contributed by atoms with Crippen LogP contribution in [0.1, 0.15) is 5.76 Å². The molecule has 0 aliphatic carbocycles. The highest BCUT2D eigenvalue weighted by atomic mass is 35.5. The number of anilines is 3. The third-order valence-corrected chi connectivity index (χ3v) is 3.42. The van der Waals surface area contributed by atoms with E-state index in [-0.39, 0.29) is 5.15 Å². The third-order valence-electron chi connectivity index (χ3n) is 3.22. The van der Waals surface area contributed by atoms with Gasteiger partial charge < -0.3 is 19.8 Å². The molecule has 0 amide bonds. The zero-order valence-corrected chi connectivity index (χ0v) is 13.2. The van der Waals surface area contributed by atoms with Crippen LogP contribution in [-0.4, -0.2) is 17.1 Å². The average Bonchev–Trinajstić information content (AvgIpc) is 3.05. The summed E-state index contributed by atoms with van der Waals surface area (Å²) in [5, 5.41) is 0.283. The van der Waals surface area contributed by atoms with E-state index in [1.807, 2.05) is 41.3 Å². The summed E-state index contributed by atoms with van der Waals surface area (Å²) in [4.78, 5) is 10.4. The Morgan fingerprint density at radius 2 is 2.00 bits per heavy atom. The van der Waals surface area contributed by atoms with Crippen molar-refractivity contribution in [3.63, 3.8) is 0 Å². The lowest BCUT2D eigenvalue weighted by atomic mass is 10.2. The Morgan fingerprint density at radius 3 is 2.61 bits per heavy atom. The summed E-state index contributed by atoms with van der Waals surface area (Å²) in [7, 11) is 1.62. The Bertz CT molecular complexity index is 755. The van der Waals surface area contributed by atoms with E-state index in [1.165, 1.54) is 6.07 Å². The number of aromatic nitrogens is 2. The fourth-order valence-electron chi connectivity index (χ4n) is 2.14. The standard InChI is InChI=1S/C16H15ClN4O2/c1-22-12-6-4-11(5-7-12)21(10-13-3-2-8-23-13)16-19-14(17)9-15(18)20-16/h2-9H,10H2,1H3,(H2,18,19,20). The minimum atomic E-state index is 0.283. The molecule has 0 aliphatic heterocycles. The highest BCUT2D eigenvalue weighted by Crippen LogP contribution is 2.28. The van der Waals surface area contributed by atoms with E-state index in [2.05, 4.69) is 9.97 Å². The van der Waals surface area contributed by atoms with E-state index in [9.17, 15) is 0 Å². The third kappa shape index (κ3) is 3.54. The van der Waals surface area contributed by atoms with Crippen LogP contribution in [0.15, 0.2) is 53.1 Å². The van der Waals surface area contributed by atoms with Crippen molar-refractivity contribution in [3.8, 4) is 5.75 Å². The Morgan fingerprint density at radius 1 is 1.22 bits per heavy atom. The van der Waals surface area contributed by atoms with Crippen LogP contribution in [0.4, 0.5) is 17.5 Å². The molecule has 23 heavy (non-hydrogen) atoms. The van der Waals surface area contributed by atoms with Crippen LogP contribution in [0.3, 0.4) is 0 Å². The number of benzene rings is 1. The molecular weight excluding hydrogens is 316 g/mol. The highest BCUT2D eigenvalue weighted by molar-refractivity contribution is 6.29. The van der Waals surface area contributed by atoms with Crippen LogP contribution in [0.25, 0.3) is 0 Å². The van der Waals surface area contributed by atoms with Gasteiger partial charge in [-0.05, 0) is 36.4 Å². The number of methoxy groups -OCH3 is 1. The number of furan rings is 1. The summed E-state index contributed by atoms with van der Waals surface area (Å²) in [6, 6.07) is 12.7. The van der Waals surface area contributed by atoms with E-state index >= 15 is 0 Å². The van der Waals surface area contributed by atoms with Crippen LogP contribution < -0.4 is 15.4 Å². The maximum absolute atomic E-state index is 6.01. The molecule has 1 aromatic carbocycles. The number of nitrogens with zero attached hydrogens (tertiary/aromatic N) is 3. The van der Waals surface area contributed by atoms with Gasteiger partial charge in [-0.25, -0.2) is 4.98 Å². The maximum atomic E-state index is 6.01. The fraction of sp³-hybridized carbons (Fsp3) is 0.125. The molecule has 0 saturated heterocycles. The molecule has 0 bridgehead atoms. The van der Waals surface area contributed by atoms with Crippen LogP contribution in [0.2, 0.25) is 5.15 Å². The summed E-state index contributed by atoms with van der Waals surface area (Å²) >= 11 is 6.01. The summed E-state index contributed by atoms with van der Waals surface area (Å²) in [6.45, 7) is 0.444. The van der Waals surface area contributed by atoms with Crippen molar-refractivity contribution < 1.29 is 9.15 Å². The predicted octanol–water partition coefficient (Wildman–Crippen LogP) is 3.65. The summed E-state index contributed by atoms with van der Waals surface area (Å²) in [5.41, 5.74) is 6.65. The monoisotopic (exact) mass is 330 g/mol. The molecule has 0 unspecified atom stereocenters. The van der Waals surface area contributed by atoms with Gasteiger partial charge in [0.2, 0.25) is 5.95 Å². The molecule has 2 N–H and O–H groups in total. The Hall–Kier alpha value is -2.73. The lowest BCUT2D eigenvalue weighted by Gasteiger charge is -2.22. The smallest absolute Gasteiger partial charge is 0.233 e. The van der Waals surface area contributed by atoms with Gasteiger partial charge in [0, 0.05) is 11.8 Å². The van der Waals surface area contributed by atoms with Gasteiger partial charge in [-0.1, -0.05) is 11.6 Å². The normalized spacial score (nSPS) is 10.5. The molecule has 2 aromatic heterocycles. The minimum absolute atomic E-state index is 0.283. The van der Waals surface area contributed by atoms with Gasteiger partial charge in [-0.15, -0.1) is 0 Å². The second-order valence-electron chi connectivity index (χ2n) is 4.78. The Balaban J connectivity index is 2.01. The second kappa shape index (κ2) is 6.58. The SMILES string of the molecule is COc1ccc(N(Cc2ccco2)c2nc(N)cc(Cl)n2)cc1. The van der Waals surface area contributed by atoms with Crippen molar-refractivity contribution in [1.82, 2.24) is 9.97 Å². The van der Waals surface area contributed by atoms with Crippen molar-refractivity contribution in [1.29, 1.82) is 0 Å². The number of hydrogen-bond donors (Lipinski definition) is 1. The quantitative estimate of drug-likeness (QED) is 0.719. The number of rotatable bonds is 5. The van der Waals surface area contributed by atoms with Gasteiger partial charge in [0.05, 0.1) is 19.9 Å². The molecule has 0 fully saturated rings. The van der Waals surface area contributed by atoms with E-state index in [4.69, 9.17) is 26.5 Å². The van der Waals surface area contributed by atoms with Crippen molar-refractivity contribution in [2.75, 3.05) is 17.7 Å². The van der Waals surface area contributed by atoms with Gasteiger partial charge in [-0.3, -0.25) is 0 Å². The van der Waals surface area contributed by atoms with Crippen molar-refractivity contribution >= 4 is 29.1 Å². The summed E-state index contributed by atoms with van der Waals surface area (Å²) in [5.74, 6) is 2.23. The lowest BCUT2D eigenvalue weighted by Crippen LogP contribution is -2.19. The first-order chi connectivity index (χ1) is 11.2. The predicted molar refractivity (Wildman–Crippen MR) is 89.0 cm³/mol. The van der Waals surface area contributed by atoms with Gasteiger partial charge in [0.15, 0.2) is 0 Å². The topological polar surface area (TPSA) is 77.4 Å². The van der Waals surface area contributed by atoms with E-state index in [0.29, 0.717) is 18.3 Å². The largest absolute Gasteiger partial charge is 0.497 e. The first kappa shape index (κ1) is 15.2. The molecule has 0 spiro atoms. The van der Waals surface area contributed by atoms with Crippen LogP contribution in [0, 0.1) is 0 Å². The van der Waals surface area contributed by atoms with Crippen LogP contribution in [-0.2, 0) is 6.54 Å². The Kier molecular flexibility index (Phi) is 4.34. The molecule has 0 radical (unpaired) electrons. The van der Waals surface area contributed by atoms with Crippen molar-refractivity contribution in [2.45, 2.75) is 6.54 Å². The molecule has 0 aliphatic rings. The zero-order chi connectivity index (χ0) is 16.2. The number of ether oxygens (including phenoxy) is 1. The van der Waals surface area contributed by atoms with Gasteiger partial charge in [0.25, 0.3) is 0 Å². The molecular formula is C16H15ClN4O2. The Labute approximate surface area is 138 Å². The van der Waals surface area contributed by atoms with Gasteiger partial charge in [0.1, 0.15) is 22.5 Å². The highest BCUT2D eigenvalue weighted by Gasteiger charge is 2.16. The van der Waals surface area contributed by atoms with Gasteiger partial charge in [-0.2, -0.15) is 4.98 Å². The van der Waals surface area contributed by atoms with E-state index < -0.39 is 0 Å². The summed E-state index contributed by atoms with van der Waals surface area (Å²) in [6.07, 6.45) is 1.62. The molecule has 0 saturated carbocycles. The first-order valence-electron chi connectivity index (χ1n) is 6.90. The molecule has 2 heterocycles. The minimum Gasteiger partial charge on any atom is -0.497 e. The number of nitrogen functional groups attached to an aromatic ring is 1.